The number of hydrogen-bond donors (Lipinski definition) is 1. The van der Waals surface area contributed by atoms with Gasteiger partial charge in [-0.1, -0.05) is 18.2 Å². The molecule has 1 amide bonds. The molecule has 2 heterocycles. The summed E-state index contributed by atoms with van der Waals surface area (Å²) in [6, 6.07) is 11.3. The van der Waals surface area contributed by atoms with Crippen molar-refractivity contribution in [2.75, 3.05) is 18.6 Å². The van der Waals surface area contributed by atoms with Crippen LogP contribution < -0.4 is 10.2 Å². The number of anilines is 2. The normalized spacial score (nSPS) is 14.0. The molecule has 1 N–H and O–H groups in total. The van der Waals surface area contributed by atoms with E-state index in [1.165, 1.54) is 13.2 Å². The molecule has 1 atom stereocenters. The Morgan fingerprint density at radius 1 is 1.12 bits per heavy atom. The number of rotatable bonds is 5. The number of amides is 1. The number of carbonyl (C=O) groups excluding carboxylic acids is 2. The van der Waals surface area contributed by atoms with Gasteiger partial charge in [0.1, 0.15) is 11.4 Å². The summed E-state index contributed by atoms with van der Waals surface area (Å²) in [5, 5.41) is 7.34. The molecule has 0 saturated carbocycles. The second-order valence-electron chi connectivity index (χ2n) is 8.02. The molecule has 0 aliphatic carbocycles. The maximum Gasteiger partial charge on any atom is 0.416 e. The fraction of sp³-hybridized carbons (Fsp3) is 0.292. The monoisotopic (exact) mass is 472 g/mol. The van der Waals surface area contributed by atoms with Gasteiger partial charge in [0.25, 0.3) is 5.91 Å². The minimum absolute atomic E-state index is 0.313. The Morgan fingerprint density at radius 3 is 2.47 bits per heavy atom. The number of halogens is 3. The first-order chi connectivity index (χ1) is 16.1. The van der Waals surface area contributed by atoms with Gasteiger partial charge in [0.15, 0.2) is 0 Å². The predicted octanol–water partition coefficient (Wildman–Crippen LogP) is 4.64. The molecular weight excluding hydrogens is 449 g/mol. The van der Waals surface area contributed by atoms with Gasteiger partial charge < -0.3 is 15.0 Å². The van der Waals surface area contributed by atoms with Crippen LogP contribution in [0.1, 0.15) is 50.5 Å². The van der Waals surface area contributed by atoms with Crippen LogP contribution in [0.4, 0.5) is 24.7 Å². The van der Waals surface area contributed by atoms with Gasteiger partial charge in [0, 0.05) is 12.2 Å². The zero-order valence-corrected chi connectivity index (χ0v) is 18.8. The number of nitrogens with zero attached hydrogens (tertiary/aromatic N) is 3. The predicted molar refractivity (Wildman–Crippen MR) is 119 cm³/mol. The lowest BCUT2D eigenvalue weighted by Gasteiger charge is -2.21. The Bertz CT molecular complexity index is 1240. The van der Waals surface area contributed by atoms with Gasteiger partial charge in [-0.15, -0.1) is 0 Å². The Kier molecular flexibility index (Phi) is 6.07. The highest BCUT2D eigenvalue weighted by molar-refractivity contribution is 6.01. The third-order valence-electron chi connectivity index (χ3n) is 5.78. The van der Waals surface area contributed by atoms with Crippen LogP contribution in [0.5, 0.6) is 0 Å². The standard InChI is InChI=1S/C24H23F3N4O3/c1-14(16-7-9-17(10-8-16)23(33)34-3)28-21(32)20-15(2)29-31-12-11-30(22(20)31)19-6-4-5-18(13-19)24(25,26)27/h4-10,13-14H,11-12H2,1-3H3,(H,28,32)/t14-/m0/s1. The van der Waals surface area contributed by atoms with Crippen molar-refractivity contribution in [1.29, 1.82) is 0 Å². The van der Waals surface area contributed by atoms with Crippen LogP contribution >= 0.6 is 0 Å². The molecule has 1 aromatic heterocycles. The molecule has 1 aliphatic heterocycles. The van der Waals surface area contributed by atoms with Crippen molar-refractivity contribution in [1.82, 2.24) is 15.1 Å². The van der Waals surface area contributed by atoms with Crippen LogP contribution in [0.3, 0.4) is 0 Å². The number of aromatic nitrogens is 2. The largest absolute Gasteiger partial charge is 0.465 e. The number of ether oxygens (including phenoxy) is 1. The third-order valence-corrected chi connectivity index (χ3v) is 5.78. The van der Waals surface area contributed by atoms with E-state index in [4.69, 9.17) is 4.74 Å². The summed E-state index contributed by atoms with van der Waals surface area (Å²) in [4.78, 5) is 26.6. The molecular formula is C24H23F3N4O3. The topological polar surface area (TPSA) is 76.5 Å². The number of methoxy groups -OCH3 is 1. The lowest BCUT2D eigenvalue weighted by Crippen LogP contribution is -2.28. The van der Waals surface area contributed by atoms with Crippen molar-refractivity contribution in [3.05, 3.63) is 76.5 Å². The molecule has 3 aromatic rings. The Hall–Kier alpha value is -3.82. The van der Waals surface area contributed by atoms with E-state index < -0.39 is 23.8 Å². The highest BCUT2D eigenvalue weighted by Gasteiger charge is 2.34. The van der Waals surface area contributed by atoms with Crippen LogP contribution in [0.2, 0.25) is 0 Å². The molecule has 34 heavy (non-hydrogen) atoms. The zero-order chi connectivity index (χ0) is 24.6. The van der Waals surface area contributed by atoms with Crippen molar-refractivity contribution in [3.8, 4) is 0 Å². The molecule has 4 rings (SSSR count). The molecule has 2 aromatic carbocycles. The van der Waals surface area contributed by atoms with Gasteiger partial charge >= 0.3 is 12.1 Å². The van der Waals surface area contributed by atoms with Crippen molar-refractivity contribution >= 4 is 23.4 Å². The lowest BCUT2D eigenvalue weighted by molar-refractivity contribution is -0.137. The van der Waals surface area contributed by atoms with Crippen LogP contribution in [-0.4, -0.2) is 35.3 Å². The lowest BCUT2D eigenvalue weighted by atomic mass is 10.1. The molecule has 0 bridgehead atoms. The number of esters is 1. The van der Waals surface area contributed by atoms with Crippen LogP contribution in [0.15, 0.2) is 48.5 Å². The highest BCUT2D eigenvalue weighted by atomic mass is 19.4. The van der Waals surface area contributed by atoms with E-state index >= 15 is 0 Å². The molecule has 0 radical (unpaired) electrons. The van der Waals surface area contributed by atoms with E-state index in [0.717, 1.165) is 17.7 Å². The quantitative estimate of drug-likeness (QED) is 0.548. The SMILES string of the molecule is COC(=O)c1ccc([C@H](C)NC(=O)c2c(C)nn3c2N(c2cccc(C(F)(F)F)c2)CC3)cc1. The Labute approximate surface area is 194 Å². The van der Waals surface area contributed by atoms with Crippen molar-refractivity contribution in [3.63, 3.8) is 0 Å². The first-order valence-electron chi connectivity index (χ1n) is 10.6. The smallest absolute Gasteiger partial charge is 0.416 e. The van der Waals surface area contributed by atoms with E-state index in [2.05, 4.69) is 10.4 Å². The summed E-state index contributed by atoms with van der Waals surface area (Å²) in [5.74, 6) is -0.381. The third kappa shape index (κ3) is 4.35. The van der Waals surface area contributed by atoms with Gasteiger partial charge in [0.05, 0.1) is 36.5 Å². The number of benzene rings is 2. The van der Waals surface area contributed by atoms with Crippen molar-refractivity contribution in [2.24, 2.45) is 0 Å². The summed E-state index contributed by atoms with van der Waals surface area (Å²) < 4.78 is 46.0. The molecule has 7 nitrogen and oxygen atoms in total. The number of aryl methyl sites for hydroxylation is 1. The second kappa shape index (κ2) is 8.85. The molecule has 10 heteroatoms. The summed E-state index contributed by atoms with van der Waals surface area (Å²) in [6.07, 6.45) is -4.47. The van der Waals surface area contributed by atoms with Gasteiger partial charge in [-0.2, -0.15) is 18.3 Å². The van der Waals surface area contributed by atoms with Gasteiger partial charge in [0.2, 0.25) is 0 Å². The Morgan fingerprint density at radius 2 is 1.82 bits per heavy atom. The maximum absolute atomic E-state index is 13.2. The number of fused-ring (bicyclic) bond motifs is 1. The minimum atomic E-state index is -4.47. The molecule has 178 valence electrons. The van der Waals surface area contributed by atoms with E-state index in [9.17, 15) is 22.8 Å². The second-order valence-corrected chi connectivity index (χ2v) is 8.02. The molecule has 0 fully saturated rings. The zero-order valence-electron chi connectivity index (χ0n) is 18.8. The number of hydrogen-bond acceptors (Lipinski definition) is 5. The molecule has 0 saturated heterocycles. The fourth-order valence-electron chi connectivity index (χ4n) is 4.05. The molecule has 1 aliphatic rings. The van der Waals surface area contributed by atoms with Gasteiger partial charge in [-0.05, 0) is 49.7 Å². The fourth-order valence-corrected chi connectivity index (χ4v) is 4.05. The van der Waals surface area contributed by atoms with Gasteiger partial charge in [-0.25, -0.2) is 9.48 Å². The summed E-state index contributed by atoms with van der Waals surface area (Å²) >= 11 is 0. The average molecular weight is 472 g/mol. The molecule has 0 spiro atoms. The van der Waals surface area contributed by atoms with Gasteiger partial charge in [-0.3, -0.25) is 4.79 Å². The van der Waals surface area contributed by atoms with Crippen molar-refractivity contribution < 1.29 is 27.5 Å². The maximum atomic E-state index is 13.2. The summed E-state index contributed by atoms with van der Waals surface area (Å²) in [5.41, 5.74) is 1.55. The highest BCUT2D eigenvalue weighted by Crippen LogP contribution is 2.38. The van der Waals surface area contributed by atoms with E-state index in [1.807, 2.05) is 0 Å². The van der Waals surface area contributed by atoms with E-state index in [0.29, 0.717) is 41.4 Å². The van der Waals surface area contributed by atoms with Crippen LogP contribution in [-0.2, 0) is 17.5 Å². The first-order valence-corrected chi connectivity index (χ1v) is 10.6. The summed E-state index contributed by atoms with van der Waals surface area (Å²) in [6.45, 7) is 4.34. The van der Waals surface area contributed by atoms with E-state index in [-0.39, 0.29) is 5.91 Å². The van der Waals surface area contributed by atoms with E-state index in [1.54, 1.807) is 53.8 Å². The Balaban J connectivity index is 1.60. The number of alkyl halides is 3. The summed E-state index contributed by atoms with van der Waals surface area (Å²) in [7, 11) is 1.30. The molecule has 0 unspecified atom stereocenters. The number of carbonyl (C=O) groups is 2. The average Bonchev–Trinajstić information content (AvgIpc) is 3.35. The van der Waals surface area contributed by atoms with Crippen molar-refractivity contribution in [2.45, 2.75) is 32.6 Å². The minimum Gasteiger partial charge on any atom is -0.465 e. The van der Waals surface area contributed by atoms with Crippen LogP contribution in [0.25, 0.3) is 0 Å². The first kappa shape index (κ1) is 23.3. The number of nitrogens with one attached hydrogen (secondary N) is 1. The van der Waals surface area contributed by atoms with Crippen LogP contribution in [0, 0.1) is 6.92 Å².